The fraction of sp³-hybridized carbons (Fsp3) is 0.565. The molecule has 28 heavy (non-hydrogen) atoms. The van der Waals surface area contributed by atoms with E-state index in [9.17, 15) is 4.79 Å². The van der Waals surface area contributed by atoms with Gasteiger partial charge in [-0.05, 0) is 75.0 Å². The zero-order valence-electron chi connectivity index (χ0n) is 16.5. The van der Waals surface area contributed by atoms with Crippen molar-refractivity contribution in [3.8, 4) is 5.75 Å². The van der Waals surface area contributed by atoms with Crippen molar-refractivity contribution in [1.29, 1.82) is 0 Å². The lowest BCUT2D eigenvalue weighted by molar-refractivity contribution is 0.0722. The summed E-state index contributed by atoms with van der Waals surface area (Å²) in [4.78, 5) is 15.3. The highest BCUT2D eigenvalue weighted by Gasteiger charge is 2.35. The average molecular weight is 380 g/mol. The van der Waals surface area contributed by atoms with E-state index in [4.69, 9.17) is 4.74 Å². The second-order valence-corrected chi connectivity index (χ2v) is 8.65. The van der Waals surface area contributed by atoms with Crippen LogP contribution in [0.1, 0.15) is 72.3 Å². The van der Waals surface area contributed by atoms with Crippen molar-refractivity contribution in [1.82, 2.24) is 15.1 Å². The summed E-state index contributed by atoms with van der Waals surface area (Å²) in [6.45, 7) is 1.48. The van der Waals surface area contributed by atoms with E-state index in [1.165, 1.54) is 31.4 Å². The smallest absolute Gasteiger partial charge is 0.275 e. The van der Waals surface area contributed by atoms with E-state index >= 15 is 0 Å². The highest BCUT2D eigenvalue weighted by atomic mass is 16.5. The van der Waals surface area contributed by atoms with E-state index in [0.717, 1.165) is 61.5 Å². The predicted molar refractivity (Wildman–Crippen MR) is 107 cm³/mol. The first-order valence-corrected chi connectivity index (χ1v) is 10.9. The molecule has 0 saturated heterocycles. The van der Waals surface area contributed by atoms with Gasteiger partial charge in [0.15, 0.2) is 5.69 Å². The number of hydrogen-bond donors (Lipinski definition) is 1. The van der Waals surface area contributed by atoms with Gasteiger partial charge in [-0.2, -0.15) is 5.10 Å². The maximum absolute atomic E-state index is 13.3. The molecule has 3 aliphatic rings. The number of rotatable bonds is 7. The number of nitrogens with one attached hydrogen (secondary N) is 1. The third-order valence-electron chi connectivity index (χ3n) is 6.49. The Morgan fingerprint density at radius 2 is 1.86 bits per heavy atom. The summed E-state index contributed by atoms with van der Waals surface area (Å²) in [5.74, 6) is 1.76. The number of benzene rings is 1. The molecule has 0 aliphatic heterocycles. The van der Waals surface area contributed by atoms with E-state index in [2.05, 4.69) is 22.3 Å². The lowest BCUT2D eigenvalue weighted by atomic mass is 9.86. The van der Waals surface area contributed by atoms with Crippen molar-refractivity contribution in [3.05, 3.63) is 46.8 Å². The fourth-order valence-electron chi connectivity index (χ4n) is 4.31. The number of H-pyrrole nitrogens is 1. The Morgan fingerprint density at radius 3 is 2.57 bits per heavy atom. The Morgan fingerprint density at radius 1 is 1.07 bits per heavy atom. The van der Waals surface area contributed by atoms with Crippen LogP contribution in [0.2, 0.25) is 0 Å². The van der Waals surface area contributed by atoms with Gasteiger partial charge >= 0.3 is 0 Å². The summed E-state index contributed by atoms with van der Waals surface area (Å²) in [5.41, 5.74) is 4.13. The molecule has 1 N–H and O–H groups in total. The van der Waals surface area contributed by atoms with E-state index < -0.39 is 0 Å². The quantitative estimate of drug-likeness (QED) is 0.781. The van der Waals surface area contributed by atoms with Gasteiger partial charge in [-0.25, -0.2) is 0 Å². The molecule has 0 bridgehead atoms. The summed E-state index contributed by atoms with van der Waals surface area (Å²) in [6, 6.07) is 8.63. The number of carbonyl (C=O) groups is 1. The molecular formula is C23H29N3O2. The molecular weight excluding hydrogens is 350 g/mol. The topological polar surface area (TPSA) is 58.2 Å². The fourth-order valence-corrected chi connectivity index (χ4v) is 4.31. The molecule has 2 aromatic rings. The summed E-state index contributed by atoms with van der Waals surface area (Å²) < 4.78 is 5.90. The number of aryl methyl sites for hydroxylation is 1. The van der Waals surface area contributed by atoms with Crippen LogP contribution in [0, 0.1) is 5.92 Å². The second kappa shape index (κ2) is 7.61. The van der Waals surface area contributed by atoms with Crippen molar-refractivity contribution in [2.75, 3.05) is 6.61 Å². The first-order valence-electron chi connectivity index (χ1n) is 10.9. The predicted octanol–water partition coefficient (Wildman–Crippen LogP) is 4.27. The Bertz CT molecular complexity index is 834. The minimum Gasteiger partial charge on any atom is -0.493 e. The molecule has 2 saturated carbocycles. The van der Waals surface area contributed by atoms with Crippen LogP contribution >= 0.6 is 0 Å². The van der Waals surface area contributed by atoms with Gasteiger partial charge in [0.2, 0.25) is 0 Å². The molecule has 2 fully saturated rings. The number of fused-ring (bicyclic) bond motifs is 1. The zero-order valence-corrected chi connectivity index (χ0v) is 16.5. The third-order valence-corrected chi connectivity index (χ3v) is 6.49. The van der Waals surface area contributed by atoms with Crippen LogP contribution in [0.3, 0.4) is 0 Å². The van der Waals surface area contributed by atoms with Gasteiger partial charge in [0.25, 0.3) is 5.91 Å². The molecule has 3 aliphatic carbocycles. The van der Waals surface area contributed by atoms with E-state index in [1.807, 2.05) is 17.0 Å². The van der Waals surface area contributed by atoms with Crippen molar-refractivity contribution in [2.24, 2.45) is 5.92 Å². The number of aromatic amines is 1. The van der Waals surface area contributed by atoms with Crippen molar-refractivity contribution in [2.45, 2.75) is 70.4 Å². The Balaban J connectivity index is 1.26. The first kappa shape index (κ1) is 17.8. The Hall–Kier alpha value is -2.30. The molecule has 0 radical (unpaired) electrons. The molecule has 0 atom stereocenters. The highest BCUT2D eigenvalue weighted by Crippen LogP contribution is 2.32. The minimum atomic E-state index is 0.0900. The Labute approximate surface area is 166 Å². The van der Waals surface area contributed by atoms with E-state index in [-0.39, 0.29) is 5.91 Å². The molecule has 1 amide bonds. The van der Waals surface area contributed by atoms with Crippen LogP contribution in [0.15, 0.2) is 24.3 Å². The number of carbonyl (C=O) groups excluding carboxylic acids is 1. The average Bonchev–Trinajstić information content (AvgIpc) is 3.44. The monoisotopic (exact) mass is 379 g/mol. The highest BCUT2D eigenvalue weighted by molar-refractivity contribution is 5.94. The van der Waals surface area contributed by atoms with Gasteiger partial charge in [0.1, 0.15) is 5.75 Å². The normalized spacial score (nSPS) is 19.0. The van der Waals surface area contributed by atoms with Crippen LogP contribution < -0.4 is 4.74 Å². The lowest BCUT2D eigenvalue weighted by Gasteiger charge is -2.25. The molecule has 0 unspecified atom stereocenters. The molecule has 1 heterocycles. The standard InChI is InChI=1S/C23H29N3O2/c27-23(22-20-6-1-2-7-21(20)24-25-22)26(18-10-11-18)14-16-8-12-19(13-9-16)28-15-17-4-3-5-17/h8-9,12-13,17-18H,1-7,10-11,14-15H2,(H,24,25). The van der Waals surface area contributed by atoms with Crippen LogP contribution in [0.25, 0.3) is 0 Å². The van der Waals surface area contributed by atoms with E-state index in [0.29, 0.717) is 18.3 Å². The van der Waals surface area contributed by atoms with Crippen LogP contribution in [-0.4, -0.2) is 33.7 Å². The van der Waals surface area contributed by atoms with Gasteiger partial charge in [0.05, 0.1) is 6.61 Å². The first-order chi connectivity index (χ1) is 13.8. The van der Waals surface area contributed by atoms with Gasteiger partial charge < -0.3 is 9.64 Å². The van der Waals surface area contributed by atoms with Gasteiger partial charge in [0, 0.05) is 23.8 Å². The zero-order chi connectivity index (χ0) is 18.9. The Kier molecular flexibility index (Phi) is 4.83. The second-order valence-electron chi connectivity index (χ2n) is 8.65. The van der Waals surface area contributed by atoms with Crippen LogP contribution in [-0.2, 0) is 19.4 Å². The summed E-state index contributed by atoms with van der Waals surface area (Å²) in [7, 11) is 0. The number of aromatic nitrogens is 2. The van der Waals surface area contributed by atoms with Crippen molar-refractivity contribution in [3.63, 3.8) is 0 Å². The minimum absolute atomic E-state index is 0.0900. The van der Waals surface area contributed by atoms with Crippen LogP contribution in [0.4, 0.5) is 0 Å². The number of amides is 1. The molecule has 5 nitrogen and oxygen atoms in total. The van der Waals surface area contributed by atoms with E-state index in [1.54, 1.807) is 0 Å². The largest absolute Gasteiger partial charge is 0.493 e. The molecule has 1 aromatic heterocycles. The van der Waals surface area contributed by atoms with Crippen molar-refractivity contribution < 1.29 is 9.53 Å². The maximum atomic E-state index is 13.3. The molecule has 5 heteroatoms. The number of nitrogens with zero attached hydrogens (tertiary/aromatic N) is 2. The van der Waals surface area contributed by atoms with Gasteiger partial charge in [-0.1, -0.05) is 18.6 Å². The summed E-state index contributed by atoms with van der Waals surface area (Å²) in [5, 5.41) is 7.51. The number of hydrogen-bond acceptors (Lipinski definition) is 3. The molecule has 0 spiro atoms. The summed E-state index contributed by atoms with van der Waals surface area (Å²) >= 11 is 0. The number of ether oxygens (including phenoxy) is 1. The summed E-state index contributed by atoms with van der Waals surface area (Å²) in [6.07, 6.45) is 10.5. The van der Waals surface area contributed by atoms with Gasteiger partial charge in [-0.15, -0.1) is 0 Å². The van der Waals surface area contributed by atoms with Crippen LogP contribution in [0.5, 0.6) is 5.75 Å². The molecule has 1 aromatic carbocycles. The maximum Gasteiger partial charge on any atom is 0.275 e. The third kappa shape index (κ3) is 3.67. The van der Waals surface area contributed by atoms with Crippen molar-refractivity contribution >= 4 is 5.91 Å². The molecule has 5 rings (SSSR count). The van der Waals surface area contributed by atoms with Gasteiger partial charge in [-0.3, -0.25) is 9.89 Å². The SMILES string of the molecule is O=C(c1n[nH]c2c1CCCC2)N(Cc1ccc(OCC2CCC2)cc1)C1CC1. The molecule has 148 valence electrons. The lowest BCUT2D eigenvalue weighted by Crippen LogP contribution is -2.33.